The second-order valence-electron chi connectivity index (χ2n) is 7.89. The lowest BCUT2D eigenvalue weighted by atomic mass is 10.1. The first-order valence-electron chi connectivity index (χ1n) is 10.7. The number of hydrogen-bond donors (Lipinski definition) is 2. The number of anilines is 2. The fourth-order valence-electron chi connectivity index (χ4n) is 3.16. The van der Waals surface area contributed by atoms with Gasteiger partial charge >= 0.3 is 0 Å². The number of nitrogens with one attached hydrogen (secondary N) is 2. The van der Waals surface area contributed by atoms with Crippen molar-refractivity contribution in [2.45, 2.75) is 20.8 Å². The summed E-state index contributed by atoms with van der Waals surface area (Å²) in [6, 6.07) is 18.4. The number of ether oxygens (including phenoxy) is 1. The maximum absolute atomic E-state index is 12.7. The summed E-state index contributed by atoms with van der Waals surface area (Å²) in [6.07, 6.45) is 1.49. The van der Waals surface area contributed by atoms with Crippen LogP contribution in [-0.2, 0) is 9.59 Å². The van der Waals surface area contributed by atoms with Gasteiger partial charge in [-0.1, -0.05) is 29.8 Å². The maximum atomic E-state index is 12.7. The average Bonchev–Trinajstić information content (AvgIpc) is 2.81. The van der Waals surface area contributed by atoms with Crippen molar-refractivity contribution in [3.05, 3.63) is 91.4 Å². The van der Waals surface area contributed by atoms with Crippen molar-refractivity contribution >= 4 is 61.1 Å². The van der Waals surface area contributed by atoms with Crippen LogP contribution in [0.15, 0.2) is 69.1 Å². The van der Waals surface area contributed by atoms with Gasteiger partial charge in [0.25, 0.3) is 11.8 Å². The van der Waals surface area contributed by atoms with Gasteiger partial charge in [0.05, 0.1) is 8.95 Å². The molecule has 3 aromatic carbocycles. The Labute approximate surface area is 221 Å². The van der Waals surface area contributed by atoms with Crippen molar-refractivity contribution in [2.24, 2.45) is 0 Å². The first kappa shape index (κ1) is 26.2. The van der Waals surface area contributed by atoms with Crippen LogP contribution in [0.5, 0.6) is 5.75 Å². The van der Waals surface area contributed by atoms with Crippen LogP contribution in [0.25, 0.3) is 6.08 Å². The number of aryl methyl sites for hydroxylation is 2. The molecule has 0 saturated carbocycles. The van der Waals surface area contributed by atoms with Gasteiger partial charge in [-0.05, 0) is 106 Å². The molecule has 0 aliphatic heterocycles. The number of amides is 2. The highest BCUT2D eigenvalue weighted by Gasteiger charge is 2.15. The van der Waals surface area contributed by atoms with Crippen molar-refractivity contribution in [3.8, 4) is 11.8 Å². The van der Waals surface area contributed by atoms with Gasteiger partial charge < -0.3 is 15.4 Å². The van der Waals surface area contributed by atoms with Gasteiger partial charge in [-0.3, -0.25) is 9.59 Å². The summed E-state index contributed by atoms with van der Waals surface area (Å²) in [5.41, 5.74) is 4.99. The van der Waals surface area contributed by atoms with E-state index < -0.39 is 5.91 Å². The van der Waals surface area contributed by atoms with E-state index >= 15 is 0 Å². The molecule has 0 bridgehead atoms. The van der Waals surface area contributed by atoms with Crippen molar-refractivity contribution in [2.75, 3.05) is 17.2 Å². The number of hydrogen-bond acceptors (Lipinski definition) is 4. The van der Waals surface area contributed by atoms with Crippen LogP contribution in [0, 0.1) is 32.1 Å². The van der Waals surface area contributed by atoms with Crippen LogP contribution in [0.4, 0.5) is 11.4 Å². The minimum Gasteiger partial charge on any atom is -0.481 e. The topological polar surface area (TPSA) is 91.2 Å². The molecule has 0 spiro atoms. The van der Waals surface area contributed by atoms with Crippen LogP contribution >= 0.6 is 31.9 Å². The highest BCUT2D eigenvalue weighted by molar-refractivity contribution is 9.11. The maximum Gasteiger partial charge on any atom is 0.266 e. The molecule has 0 aromatic heterocycles. The molecule has 0 radical (unpaired) electrons. The molecule has 8 heteroatoms. The molecule has 3 rings (SSSR count). The van der Waals surface area contributed by atoms with E-state index in [2.05, 4.69) is 42.5 Å². The molecule has 2 amide bonds. The Balaban J connectivity index is 1.71. The Morgan fingerprint density at radius 1 is 1.00 bits per heavy atom. The minimum absolute atomic E-state index is 0.0455. The lowest BCUT2D eigenvalue weighted by Gasteiger charge is -2.12. The SMILES string of the molecule is Cc1ccc(NC(=O)COc2c(Br)cc(/C=C(\C#N)C(=O)Nc3cccc(C)c3C)cc2Br)cc1. The van der Waals surface area contributed by atoms with E-state index in [0.29, 0.717) is 31.6 Å². The molecular formula is C27H23Br2N3O3. The molecule has 0 aliphatic rings. The predicted molar refractivity (Wildman–Crippen MR) is 145 cm³/mol. The number of benzene rings is 3. The van der Waals surface area contributed by atoms with E-state index in [4.69, 9.17) is 4.74 Å². The highest BCUT2D eigenvalue weighted by Crippen LogP contribution is 2.35. The van der Waals surface area contributed by atoms with E-state index in [9.17, 15) is 14.9 Å². The molecule has 0 fully saturated rings. The van der Waals surface area contributed by atoms with Crippen LogP contribution < -0.4 is 15.4 Å². The standard InChI is InChI=1S/C27H23Br2N3O3/c1-16-7-9-21(10-8-16)31-25(33)15-35-26-22(28)12-19(13-23(26)29)11-20(14-30)27(34)32-24-6-4-5-17(2)18(24)3/h4-13H,15H2,1-3H3,(H,31,33)(H,32,34)/b20-11+. The third kappa shape index (κ3) is 7.04. The van der Waals surface area contributed by atoms with Gasteiger partial charge in [0.2, 0.25) is 0 Å². The smallest absolute Gasteiger partial charge is 0.266 e. The molecule has 2 N–H and O–H groups in total. The lowest BCUT2D eigenvalue weighted by Crippen LogP contribution is -2.20. The summed E-state index contributed by atoms with van der Waals surface area (Å²) in [4.78, 5) is 25.0. The zero-order valence-electron chi connectivity index (χ0n) is 19.4. The van der Waals surface area contributed by atoms with E-state index in [0.717, 1.165) is 16.7 Å². The van der Waals surface area contributed by atoms with Gasteiger partial charge in [-0.2, -0.15) is 5.26 Å². The Hall–Kier alpha value is -3.41. The molecule has 178 valence electrons. The van der Waals surface area contributed by atoms with Crippen molar-refractivity contribution in [3.63, 3.8) is 0 Å². The van der Waals surface area contributed by atoms with Crippen molar-refractivity contribution in [1.29, 1.82) is 5.26 Å². The van der Waals surface area contributed by atoms with Gasteiger partial charge in [0.1, 0.15) is 17.4 Å². The number of halogens is 2. The Kier molecular flexibility index (Phi) is 8.85. The molecule has 35 heavy (non-hydrogen) atoms. The number of nitriles is 1. The van der Waals surface area contributed by atoms with Crippen LogP contribution in [0.2, 0.25) is 0 Å². The molecule has 0 aliphatic carbocycles. The zero-order chi connectivity index (χ0) is 25.5. The van der Waals surface area contributed by atoms with Gasteiger partial charge in [-0.15, -0.1) is 0 Å². The monoisotopic (exact) mass is 595 g/mol. The summed E-state index contributed by atoms with van der Waals surface area (Å²) < 4.78 is 6.82. The Bertz CT molecular complexity index is 1320. The average molecular weight is 597 g/mol. The second-order valence-corrected chi connectivity index (χ2v) is 9.60. The number of rotatable bonds is 7. The van der Waals surface area contributed by atoms with E-state index in [-0.39, 0.29) is 18.1 Å². The zero-order valence-corrected chi connectivity index (χ0v) is 22.6. The summed E-state index contributed by atoms with van der Waals surface area (Å²) >= 11 is 6.89. The second kappa shape index (κ2) is 11.8. The third-order valence-corrected chi connectivity index (χ3v) is 6.41. The van der Waals surface area contributed by atoms with E-state index in [1.807, 2.05) is 63.2 Å². The molecule has 0 unspecified atom stereocenters. The summed E-state index contributed by atoms with van der Waals surface area (Å²) in [5.74, 6) is -0.368. The van der Waals surface area contributed by atoms with Crippen LogP contribution in [0.3, 0.4) is 0 Å². The normalized spacial score (nSPS) is 10.9. The summed E-state index contributed by atoms with van der Waals surface area (Å²) in [5, 5.41) is 15.1. The minimum atomic E-state index is -0.499. The molecule has 6 nitrogen and oxygen atoms in total. The van der Waals surface area contributed by atoms with E-state index in [1.165, 1.54) is 6.08 Å². The fourth-order valence-corrected chi connectivity index (χ4v) is 4.61. The molecular weight excluding hydrogens is 574 g/mol. The highest BCUT2D eigenvalue weighted by atomic mass is 79.9. The summed E-state index contributed by atoms with van der Waals surface area (Å²) in [6.45, 7) is 5.65. The summed E-state index contributed by atoms with van der Waals surface area (Å²) in [7, 11) is 0. The molecule has 3 aromatic rings. The first-order valence-corrected chi connectivity index (χ1v) is 12.2. The van der Waals surface area contributed by atoms with Gasteiger partial charge in [0.15, 0.2) is 6.61 Å². The van der Waals surface area contributed by atoms with Crippen molar-refractivity contribution < 1.29 is 14.3 Å². The number of carbonyl (C=O) groups is 2. The number of nitrogens with zero attached hydrogens (tertiary/aromatic N) is 1. The van der Waals surface area contributed by atoms with Crippen LogP contribution in [0.1, 0.15) is 22.3 Å². The quantitative estimate of drug-likeness (QED) is 0.234. The Morgan fingerprint density at radius 2 is 1.66 bits per heavy atom. The number of carbonyl (C=O) groups excluding carboxylic acids is 2. The molecule has 0 heterocycles. The Morgan fingerprint density at radius 3 is 2.29 bits per heavy atom. The van der Waals surface area contributed by atoms with Crippen LogP contribution in [-0.4, -0.2) is 18.4 Å². The fraction of sp³-hybridized carbons (Fsp3) is 0.148. The largest absolute Gasteiger partial charge is 0.481 e. The van der Waals surface area contributed by atoms with Gasteiger partial charge in [0, 0.05) is 11.4 Å². The van der Waals surface area contributed by atoms with E-state index in [1.54, 1.807) is 18.2 Å². The predicted octanol–water partition coefficient (Wildman–Crippen LogP) is 6.70. The van der Waals surface area contributed by atoms with Gasteiger partial charge in [-0.25, -0.2) is 0 Å². The molecule has 0 saturated heterocycles. The van der Waals surface area contributed by atoms with Crippen molar-refractivity contribution in [1.82, 2.24) is 0 Å². The first-order chi connectivity index (χ1) is 16.7. The molecule has 0 atom stereocenters. The lowest BCUT2D eigenvalue weighted by molar-refractivity contribution is -0.118. The third-order valence-electron chi connectivity index (χ3n) is 5.23.